The number of hydrogen-bond acceptors (Lipinski definition) is 4. The van der Waals surface area contributed by atoms with Gasteiger partial charge in [-0.3, -0.25) is 9.59 Å². The molecule has 2 aromatic rings. The van der Waals surface area contributed by atoms with Crippen molar-refractivity contribution >= 4 is 34.0 Å². The highest BCUT2D eigenvalue weighted by Crippen LogP contribution is 2.21. The number of carbonyl (C=O) groups excluding carboxylic acids is 2. The predicted octanol–water partition coefficient (Wildman–Crippen LogP) is 3.18. The van der Waals surface area contributed by atoms with Crippen molar-refractivity contribution in [2.75, 3.05) is 6.61 Å². The van der Waals surface area contributed by atoms with E-state index < -0.39 is 11.8 Å². The van der Waals surface area contributed by atoms with E-state index >= 15 is 0 Å². The number of benzene rings is 2. The Morgan fingerprint density at radius 2 is 1.92 bits per heavy atom. The summed E-state index contributed by atoms with van der Waals surface area (Å²) in [7, 11) is 0. The summed E-state index contributed by atoms with van der Waals surface area (Å²) in [6, 6.07) is 14.5. The number of hydrogen-bond donors (Lipinski definition) is 2. The Balaban J connectivity index is 1.94. The summed E-state index contributed by atoms with van der Waals surface area (Å²) in [6.07, 6.45) is 1.43. The van der Waals surface area contributed by atoms with Crippen LogP contribution in [0.5, 0.6) is 5.75 Å². The molecule has 0 saturated heterocycles. The molecule has 0 spiro atoms. The van der Waals surface area contributed by atoms with E-state index in [9.17, 15) is 9.59 Å². The minimum atomic E-state index is -0.836. The molecule has 0 bridgehead atoms. The fourth-order valence-electron chi connectivity index (χ4n) is 2.21. The molecule has 0 aliphatic rings. The molecule has 0 fully saturated rings. The van der Waals surface area contributed by atoms with Crippen molar-refractivity contribution in [1.29, 1.82) is 0 Å². The second kappa shape index (κ2) is 9.72. The highest BCUT2D eigenvalue weighted by molar-refractivity contribution is 9.10. The maximum Gasteiger partial charge on any atom is 0.329 e. The lowest BCUT2D eigenvalue weighted by Gasteiger charge is -2.13. The molecule has 2 amide bonds. The minimum Gasteiger partial charge on any atom is -0.493 e. The molecule has 0 aliphatic carbocycles. The van der Waals surface area contributed by atoms with Gasteiger partial charge >= 0.3 is 11.8 Å². The van der Waals surface area contributed by atoms with E-state index in [1.165, 1.54) is 6.21 Å². The minimum absolute atomic E-state index is 0.284. The maximum atomic E-state index is 12.0. The second-order valence-electron chi connectivity index (χ2n) is 5.42. The fraction of sp³-hybridized carbons (Fsp3) is 0.211. The maximum absolute atomic E-state index is 12.0. The Kier molecular flexibility index (Phi) is 7.35. The van der Waals surface area contributed by atoms with Gasteiger partial charge in [0.1, 0.15) is 5.75 Å². The van der Waals surface area contributed by atoms with E-state index in [1.54, 1.807) is 19.1 Å². The van der Waals surface area contributed by atoms with Crippen LogP contribution in [0.4, 0.5) is 0 Å². The Hall–Kier alpha value is -2.67. The van der Waals surface area contributed by atoms with Gasteiger partial charge in [0, 0.05) is 10.0 Å². The first-order valence-electron chi connectivity index (χ1n) is 8.12. The summed E-state index contributed by atoms with van der Waals surface area (Å²) < 4.78 is 6.34. The lowest BCUT2D eigenvalue weighted by Crippen LogP contribution is -2.39. The molecule has 0 heterocycles. The summed E-state index contributed by atoms with van der Waals surface area (Å²) >= 11 is 3.37. The van der Waals surface area contributed by atoms with Crippen molar-refractivity contribution in [3.8, 4) is 5.75 Å². The van der Waals surface area contributed by atoms with Crippen LogP contribution < -0.4 is 15.5 Å². The molecule has 0 saturated carbocycles. The third-order valence-electron chi connectivity index (χ3n) is 3.49. The molecule has 0 radical (unpaired) electrons. The molecule has 1 atom stereocenters. The predicted molar refractivity (Wildman–Crippen MR) is 104 cm³/mol. The number of hydrazone groups is 1. The van der Waals surface area contributed by atoms with Crippen LogP contribution in [0, 0.1) is 0 Å². The van der Waals surface area contributed by atoms with Crippen molar-refractivity contribution in [2.24, 2.45) is 5.10 Å². The largest absolute Gasteiger partial charge is 0.493 e. The molecule has 0 unspecified atom stereocenters. The van der Waals surface area contributed by atoms with Crippen LogP contribution in [0.3, 0.4) is 0 Å². The highest BCUT2D eigenvalue weighted by atomic mass is 79.9. The van der Waals surface area contributed by atoms with Gasteiger partial charge in [0.05, 0.1) is 18.9 Å². The van der Waals surface area contributed by atoms with Crippen LogP contribution in [0.2, 0.25) is 0 Å². The molecule has 2 rings (SSSR count). The number of halogens is 1. The Morgan fingerprint density at radius 1 is 1.19 bits per heavy atom. The van der Waals surface area contributed by atoms with E-state index in [0.29, 0.717) is 17.9 Å². The van der Waals surface area contributed by atoms with Gasteiger partial charge < -0.3 is 10.1 Å². The number of carbonyl (C=O) groups is 2. The fourth-order valence-corrected chi connectivity index (χ4v) is 2.58. The zero-order valence-electron chi connectivity index (χ0n) is 14.5. The van der Waals surface area contributed by atoms with E-state index in [-0.39, 0.29) is 6.04 Å². The van der Waals surface area contributed by atoms with E-state index in [0.717, 1.165) is 10.0 Å². The lowest BCUT2D eigenvalue weighted by atomic mass is 10.1. The first kappa shape index (κ1) is 19.7. The molecule has 136 valence electrons. The molecular weight excluding hydrogens is 398 g/mol. The molecule has 0 aliphatic heterocycles. The average molecular weight is 418 g/mol. The average Bonchev–Trinajstić information content (AvgIpc) is 2.64. The van der Waals surface area contributed by atoms with Crippen molar-refractivity contribution in [3.05, 3.63) is 64.1 Å². The van der Waals surface area contributed by atoms with Gasteiger partial charge in [-0.05, 0) is 37.6 Å². The van der Waals surface area contributed by atoms with Crippen molar-refractivity contribution < 1.29 is 14.3 Å². The van der Waals surface area contributed by atoms with Crippen LogP contribution in [-0.4, -0.2) is 24.6 Å². The van der Waals surface area contributed by atoms with Crippen molar-refractivity contribution in [3.63, 3.8) is 0 Å². The molecule has 2 N–H and O–H groups in total. The topological polar surface area (TPSA) is 79.8 Å². The van der Waals surface area contributed by atoms with E-state index in [2.05, 4.69) is 31.8 Å². The standard InChI is InChI=1S/C19H20BrN3O3/c1-3-26-17-10-9-16(20)11-15(17)12-21-23-19(25)18(24)22-13(2)14-7-5-4-6-8-14/h4-13H,3H2,1-2H3,(H,22,24)(H,23,25)/b21-12-/t13-/m1/s1. The van der Waals surface area contributed by atoms with Gasteiger partial charge in [-0.2, -0.15) is 5.10 Å². The Bertz CT molecular complexity index is 794. The molecule has 7 heteroatoms. The number of nitrogens with zero attached hydrogens (tertiary/aromatic N) is 1. The summed E-state index contributed by atoms with van der Waals surface area (Å²) in [4.78, 5) is 23.9. The molecule has 0 aromatic heterocycles. The van der Waals surface area contributed by atoms with Gasteiger partial charge in [-0.25, -0.2) is 5.43 Å². The molecule has 6 nitrogen and oxygen atoms in total. The summed E-state index contributed by atoms with van der Waals surface area (Å²) in [5.41, 5.74) is 3.81. The quantitative estimate of drug-likeness (QED) is 0.430. The summed E-state index contributed by atoms with van der Waals surface area (Å²) in [6.45, 7) is 4.19. The van der Waals surface area contributed by atoms with E-state index in [1.807, 2.05) is 43.3 Å². The van der Waals surface area contributed by atoms with Crippen molar-refractivity contribution in [2.45, 2.75) is 19.9 Å². The second-order valence-corrected chi connectivity index (χ2v) is 6.34. The molecular formula is C19H20BrN3O3. The van der Waals surface area contributed by atoms with Crippen LogP contribution >= 0.6 is 15.9 Å². The lowest BCUT2D eigenvalue weighted by molar-refractivity contribution is -0.139. The van der Waals surface area contributed by atoms with Crippen LogP contribution in [0.25, 0.3) is 0 Å². The third kappa shape index (κ3) is 5.70. The van der Waals surface area contributed by atoms with Crippen LogP contribution in [0.1, 0.15) is 31.0 Å². The SMILES string of the molecule is CCOc1ccc(Br)cc1/C=N\NC(=O)C(=O)N[C@H](C)c1ccccc1. The zero-order valence-corrected chi connectivity index (χ0v) is 16.1. The first-order chi connectivity index (χ1) is 12.5. The van der Waals surface area contributed by atoms with Crippen LogP contribution in [-0.2, 0) is 9.59 Å². The normalized spacial score (nSPS) is 11.8. The van der Waals surface area contributed by atoms with Gasteiger partial charge in [-0.1, -0.05) is 46.3 Å². The monoisotopic (exact) mass is 417 g/mol. The number of ether oxygens (including phenoxy) is 1. The first-order valence-corrected chi connectivity index (χ1v) is 8.91. The third-order valence-corrected chi connectivity index (χ3v) is 3.99. The van der Waals surface area contributed by atoms with Gasteiger partial charge in [0.15, 0.2) is 0 Å². The zero-order chi connectivity index (χ0) is 18.9. The Labute approximate surface area is 160 Å². The van der Waals surface area contributed by atoms with Gasteiger partial charge in [0.2, 0.25) is 0 Å². The number of rotatable bonds is 6. The highest BCUT2D eigenvalue weighted by Gasteiger charge is 2.16. The number of amides is 2. The van der Waals surface area contributed by atoms with E-state index in [4.69, 9.17) is 4.74 Å². The van der Waals surface area contributed by atoms with Crippen LogP contribution in [0.15, 0.2) is 58.1 Å². The molecule has 2 aromatic carbocycles. The van der Waals surface area contributed by atoms with Crippen molar-refractivity contribution in [1.82, 2.24) is 10.7 Å². The molecule has 26 heavy (non-hydrogen) atoms. The van der Waals surface area contributed by atoms with Gasteiger partial charge in [-0.15, -0.1) is 0 Å². The smallest absolute Gasteiger partial charge is 0.329 e. The number of nitrogens with one attached hydrogen (secondary N) is 2. The summed E-state index contributed by atoms with van der Waals surface area (Å²) in [5, 5.41) is 6.47. The van der Waals surface area contributed by atoms with Gasteiger partial charge in [0.25, 0.3) is 0 Å². The summed E-state index contributed by atoms with van der Waals surface area (Å²) in [5.74, 6) is -0.953. The Morgan fingerprint density at radius 3 is 2.62 bits per heavy atom.